The van der Waals surface area contributed by atoms with Gasteiger partial charge in [0.1, 0.15) is 16.6 Å². The molecular formula is C15H8BrF2NS. The smallest absolute Gasteiger partial charge is 0.135 e. The van der Waals surface area contributed by atoms with Crippen LogP contribution in [-0.4, -0.2) is 4.98 Å². The number of hydrogen-bond acceptors (Lipinski definition) is 2. The van der Waals surface area contributed by atoms with Crippen molar-refractivity contribution in [1.82, 2.24) is 4.98 Å². The van der Waals surface area contributed by atoms with Crippen LogP contribution in [0.3, 0.4) is 0 Å². The van der Waals surface area contributed by atoms with Gasteiger partial charge in [-0.1, -0.05) is 34.1 Å². The molecule has 0 atom stereocenters. The highest BCUT2D eigenvalue weighted by Gasteiger charge is 2.14. The van der Waals surface area contributed by atoms with Crippen molar-refractivity contribution in [3.05, 3.63) is 64.0 Å². The lowest BCUT2D eigenvalue weighted by Gasteiger charge is -2.01. The predicted molar refractivity (Wildman–Crippen MR) is 80.6 cm³/mol. The fraction of sp³-hybridized carbons (Fsp3) is 0. The van der Waals surface area contributed by atoms with E-state index in [1.807, 2.05) is 24.3 Å². The van der Waals surface area contributed by atoms with Crippen LogP contribution in [0.4, 0.5) is 8.78 Å². The van der Waals surface area contributed by atoms with Gasteiger partial charge in [-0.15, -0.1) is 11.3 Å². The molecule has 0 radical (unpaired) electrons. The second-order valence-corrected chi connectivity index (χ2v) is 5.92. The SMILES string of the molecule is Fc1cccc(F)c1-c1csc(-c2cccc(Br)c2)n1. The van der Waals surface area contributed by atoms with Crippen molar-refractivity contribution in [3.63, 3.8) is 0 Å². The molecule has 0 aliphatic heterocycles. The Morgan fingerprint density at radius 3 is 2.40 bits per heavy atom. The first-order valence-electron chi connectivity index (χ1n) is 5.81. The average Bonchev–Trinajstić information content (AvgIpc) is 2.88. The van der Waals surface area contributed by atoms with Crippen molar-refractivity contribution < 1.29 is 8.78 Å². The van der Waals surface area contributed by atoms with Crippen molar-refractivity contribution in [2.24, 2.45) is 0 Å². The van der Waals surface area contributed by atoms with Gasteiger partial charge in [0, 0.05) is 15.4 Å². The molecule has 2 aromatic carbocycles. The molecule has 3 aromatic rings. The lowest BCUT2D eigenvalue weighted by atomic mass is 10.1. The molecule has 0 saturated heterocycles. The van der Waals surface area contributed by atoms with Crippen LogP contribution < -0.4 is 0 Å². The minimum absolute atomic E-state index is 0.0787. The van der Waals surface area contributed by atoms with E-state index in [4.69, 9.17) is 0 Å². The molecule has 100 valence electrons. The van der Waals surface area contributed by atoms with Crippen LogP contribution in [0.2, 0.25) is 0 Å². The topological polar surface area (TPSA) is 12.9 Å². The second kappa shape index (κ2) is 5.42. The van der Waals surface area contributed by atoms with Crippen LogP contribution in [-0.2, 0) is 0 Å². The first-order chi connectivity index (χ1) is 9.65. The van der Waals surface area contributed by atoms with Gasteiger partial charge in [-0.25, -0.2) is 13.8 Å². The fourth-order valence-corrected chi connectivity index (χ4v) is 3.09. The predicted octanol–water partition coefficient (Wildman–Crippen LogP) is 5.52. The summed E-state index contributed by atoms with van der Waals surface area (Å²) in [5.74, 6) is -1.20. The van der Waals surface area contributed by atoms with E-state index in [0.717, 1.165) is 15.0 Å². The summed E-state index contributed by atoms with van der Waals surface area (Å²) in [6.07, 6.45) is 0. The molecule has 0 N–H and O–H groups in total. The Bertz CT molecular complexity index is 750. The Kier molecular flexibility index (Phi) is 3.63. The van der Waals surface area contributed by atoms with E-state index in [-0.39, 0.29) is 5.56 Å². The average molecular weight is 352 g/mol. The second-order valence-electron chi connectivity index (χ2n) is 4.14. The first-order valence-corrected chi connectivity index (χ1v) is 7.48. The van der Waals surface area contributed by atoms with Crippen molar-refractivity contribution in [2.45, 2.75) is 0 Å². The van der Waals surface area contributed by atoms with Crippen molar-refractivity contribution in [1.29, 1.82) is 0 Å². The maximum Gasteiger partial charge on any atom is 0.135 e. The van der Waals surface area contributed by atoms with Crippen LogP contribution in [0.5, 0.6) is 0 Å². The van der Waals surface area contributed by atoms with Gasteiger partial charge in [-0.3, -0.25) is 0 Å². The quantitative estimate of drug-likeness (QED) is 0.592. The molecule has 0 fully saturated rings. The summed E-state index contributed by atoms with van der Waals surface area (Å²) < 4.78 is 28.4. The summed E-state index contributed by atoms with van der Waals surface area (Å²) in [6, 6.07) is 11.4. The Morgan fingerprint density at radius 2 is 1.70 bits per heavy atom. The van der Waals surface area contributed by atoms with Gasteiger partial charge in [-0.2, -0.15) is 0 Å². The lowest BCUT2D eigenvalue weighted by Crippen LogP contribution is -1.89. The highest BCUT2D eigenvalue weighted by molar-refractivity contribution is 9.10. The third-order valence-electron chi connectivity index (χ3n) is 2.79. The highest BCUT2D eigenvalue weighted by Crippen LogP contribution is 2.32. The molecule has 5 heteroatoms. The van der Waals surface area contributed by atoms with E-state index < -0.39 is 11.6 Å². The number of aromatic nitrogens is 1. The summed E-state index contributed by atoms with van der Waals surface area (Å²) in [4.78, 5) is 4.33. The summed E-state index contributed by atoms with van der Waals surface area (Å²) in [5.41, 5.74) is 1.15. The summed E-state index contributed by atoms with van der Waals surface area (Å²) >= 11 is 4.75. The van der Waals surface area contributed by atoms with E-state index in [1.165, 1.54) is 29.5 Å². The molecule has 0 amide bonds. The van der Waals surface area contributed by atoms with Gasteiger partial charge in [0.2, 0.25) is 0 Å². The largest absolute Gasteiger partial charge is 0.236 e. The maximum absolute atomic E-state index is 13.7. The zero-order chi connectivity index (χ0) is 14.1. The Balaban J connectivity index is 2.07. The van der Waals surface area contributed by atoms with Crippen molar-refractivity contribution in [3.8, 4) is 21.8 Å². The number of halogens is 3. The number of nitrogens with zero attached hydrogens (tertiary/aromatic N) is 1. The van der Waals surface area contributed by atoms with Gasteiger partial charge in [0.25, 0.3) is 0 Å². The van der Waals surface area contributed by atoms with E-state index in [2.05, 4.69) is 20.9 Å². The van der Waals surface area contributed by atoms with Crippen LogP contribution in [0.15, 0.2) is 52.3 Å². The Labute approximate surface area is 127 Å². The third kappa shape index (κ3) is 2.51. The molecule has 0 aliphatic rings. The Hall–Kier alpha value is -1.59. The van der Waals surface area contributed by atoms with Crippen LogP contribution in [0.25, 0.3) is 21.8 Å². The molecule has 0 bridgehead atoms. The molecule has 1 heterocycles. The van der Waals surface area contributed by atoms with Gasteiger partial charge >= 0.3 is 0 Å². The zero-order valence-corrected chi connectivity index (χ0v) is 12.5. The van der Waals surface area contributed by atoms with Gasteiger partial charge in [-0.05, 0) is 24.3 Å². The number of hydrogen-bond donors (Lipinski definition) is 0. The van der Waals surface area contributed by atoms with E-state index in [9.17, 15) is 8.78 Å². The van der Waals surface area contributed by atoms with E-state index in [1.54, 1.807) is 5.38 Å². The zero-order valence-electron chi connectivity index (χ0n) is 10.1. The summed E-state index contributed by atoms with van der Waals surface area (Å²) in [5, 5.41) is 2.39. The lowest BCUT2D eigenvalue weighted by molar-refractivity contribution is 0.589. The molecule has 1 aromatic heterocycles. The summed E-state index contributed by atoms with van der Waals surface area (Å²) in [7, 11) is 0. The van der Waals surface area contributed by atoms with Crippen LogP contribution in [0.1, 0.15) is 0 Å². The van der Waals surface area contributed by atoms with Gasteiger partial charge < -0.3 is 0 Å². The highest BCUT2D eigenvalue weighted by atomic mass is 79.9. The van der Waals surface area contributed by atoms with E-state index >= 15 is 0 Å². The molecule has 20 heavy (non-hydrogen) atoms. The Morgan fingerprint density at radius 1 is 1.00 bits per heavy atom. The normalized spacial score (nSPS) is 10.8. The minimum Gasteiger partial charge on any atom is -0.236 e. The van der Waals surface area contributed by atoms with Gasteiger partial charge in [0.15, 0.2) is 0 Å². The van der Waals surface area contributed by atoms with Crippen LogP contribution >= 0.6 is 27.3 Å². The van der Waals surface area contributed by atoms with Crippen molar-refractivity contribution in [2.75, 3.05) is 0 Å². The van der Waals surface area contributed by atoms with Crippen LogP contribution in [0, 0.1) is 11.6 Å². The monoisotopic (exact) mass is 351 g/mol. The molecule has 0 spiro atoms. The first kappa shape index (κ1) is 13.4. The molecule has 0 aliphatic carbocycles. The van der Waals surface area contributed by atoms with Gasteiger partial charge in [0.05, 0.1) is 11.3 Å². The minimum atomic E-state index is -0.601. The number of rotatable bonds is 2. The molecule has 3 rings (SSSR count). The maximum atomic E-state index is 13.7. The summed E-state index contributed by atoms with van der Waals surface area (Å²) in [6.45, 7) is 0. The molecule has 1 nitrogen and oxygen atoms in total. The third-order valence-corrected chi connectivity index (χ3v) is 4.18. The number of benzene rings is 2. The van der Waals surface area contributed by atoms with Crippen molar-refractivity contribution >= 4 is 27.3 Å². The fourth-order valence-electron chi connectivity index (χ4n) is 1.89. The number of thiazole rings is 1. The van der Waals surface area contributed by atoms with E-state index in [0.29, 0.717) is 5.69 Å². The molecule has 0 unspecified atom stereocenters. The molecular weight excluding hydrogens is 344 g/mol. The standard InChI is InChI=1S/C15H8BrF2NS/c16-10-4-1-3-9(7-10)15-19-13(8-20-15)14-11(17)5-2-6-12(14)18/h1-8H. The molecule has 0 saturated carbocycles.